The van der Waals surface area contributed by atoms with E-state index in [1.54, 1.807) is 21.8 Å². The summed E-state index contributed by atoms with van der Waals surface area (Å²) >= 11 is 6.51. The molecule has 0 fully saturated rings. The van der Waals surface area contributed by atoms with E-state index in [0.29, 0.717) is 23.9 Å². The average molecular weight is 540 g/mol. The van der Waals surface area contributed by atoms with Gasteiger partial charge in [-0.3, -0.25) is 19.3 Å². The Morgan fingerprint density at radius 2 is 1.69 bits per heavy atom. The molecule has 3 heterocycles. The first-order chi connectivity index (χ1) is 19.1. The molecule has 8 heteroatoms. The number of fused-ring (bicyclic) bond motifs is 5. The standard InChI is InChI=1S/C31H26ClN3O4/c32-24-13-14-27-25(19-24)28(23-11-5-2-6-12-23)35-21-33(16-7-8-18-38-27)31(37)29-30(26(36)15-17-34(29)35)39-20-22-9-3-1-4-10-22/h1-15,17,19,28H,16,18,20-21H2/b8-7-/t28-/m0/s1. The van der Waals surface area contributed by atoms with Gasteiger partial charge in [-0.25, -0.2) is 0 Å². The number of hydrogen-bond acceptors (Lipinski definition) is 5. The number of rotatable bonds is 4. The Balaban J connectivity index is 1.55. The number of carbonyl (C=O) groups is 1. The molecule has 1 atom stereocenters. The van der Waals surface area contributed by atoms with Crippen molar-refractivity contribution in [3.8, 4) is 11.5 Å². The summed E-state index contributed by atoms with van der Waals surface area (Å²) in [6, 6.07) is 26.1. The average Bonchev–Trinajstić information content (AvgIpc) is 2.99. The smallest absolute Gasteiger partial charge is 0.278 e. The number of hydrogen-bond donors (Lipinski definition) is 0. The van der Waals surface area contributed by atoms with Crippen molar-refractivity contribution in [2.24, 2.45) is 0 Å². The SMILES string of the molecule is O=C1c2c(OCc3ccccc3)c(=O)ccn2N2CN1C/C=C\COc1ccc(Cl)cc1[C@@H]2c1ccccc1. The van der Waals surface area contributed by atoms with Gasteiger partial charge in [-0.05, 0) is 35.4 Å². The summed E-state index contributed by atoms with van der Waals surface area (Å²) in [7, 11) is 0. The lowest BCUT2D eigenvalue weighted by Gasteiger charge is -2.44. The van der Waals surface area contributed by atoms with Crippen molar-refractivity contribution < 1.29 is 14.3 Å². The third-order valence-corrected chi connectivity index (χ3v) is 7.09. The van der Waals surface area contributed by atoms with Gasteiger partial charge < -0.3 is 14.4 Å². The van der Waals surface area contributed by atoms with Gasteiger partial charge in [0.1, 0.15) is 31.7 Å². The summed E-state index contributed by atoms with van der Waals surface area (Å²) < 4.78 is 14.0. The van der Waals surface area contributed by atoms with Crippen molar-refractivity contribution >= 4 is 17.5 Å². The van der Waals surface area contributed by atoms with E-state index in [4.69, 9.17) is 21.1 Å². The van der Waals surface area contributed by atoms with Gasteiger partial charge in [0, 0.05) is 29.4 Å². The molecule has 2 bridgehead atoms. The lowest BCUT2D eigenvalue weighted by molar-refractivity contribution is 0.0698. The van der Waals surface area contributed by atoms with Crippen LogP contribution in [0.3, 0.4) is 0 Å². The van der Waals surface area contributed by atoms with E-state index in [1.165, 1.54) is 6.07 Å². The summed E-state index contributed by atoms with van der Waals surface area (Å²) in [6.07, 6.45) is 5.42. The van der Waals surface area contributed by atoms with Crippen LogP contribution in [0.4, 0.5) is 0 Å². The van der Waals surface area contributed by atoms with Gasteiger partial charge in [0.25, 0.3) is 5.91 Å². The van der Waals surface area contributed by atoms with Crippen LogP contribution >= 0.6 is 11.6 Å². The highest BCUT2D eigenvalue weighted by Crippen LogP contribution is 2.38. The Morgan fingerprint density at radius 3 is 2.49 bits per heavy atom. The first-order valence-electron chi connectivity index (χ1n) is 12.7. The Morgan fingerprint density at radius 1 is 0.923 bits per heavy atom. The van der Waals surface area contributed by atoms with Gasteiger partial charge in [0.05, 0.1) is 0 Å². The van der Waals surface area contributed by atoms with E-state index in [9.17, 15) is 9.59 Å². The topological polar surface area (TPSA) is 64.0 Å². The van der Waals surface area contributed by atoms with Gasteiger partial charge in [0.15, 0.2) is 11.4 Å². The number of benzene rings is 3. The Labute approximate surface area is 231 Å². The van der Waals surface area contributed by atoms with E-state index >= 15 is 0 Å². The van der Waals surface area contributed by atoms with Crippen molar-refractivity contribution in [1.29, 1.82) is 0 Å². The van der Waals surface area contributed by atoms with E-state index < -0.39 is 6.04 Å². The summed E-state index contributed by atoms with van der Waals surface area (Å²) in [4.78, 5) is 28.7. The number of ether oxygens (including phenoxy) is 2. The molecule has 3 aromatic carbocycles. The second kappa shape index (κ2) is 10.7. The maximum Gasteiger partial charge on any atom is 0.278 e. The van der Waals surface area contributed by atoms with Crippen LogP contribution in [0.2, 0.25) is 5.02 Å². The Hall–Kier alpha value is -4.49. The molecule has 0 radical (unpaired) electrons. The highest BCUT2D eigenvalue weighted by atomic mass is 35.5. The van der Waals surface area contributed by atoms with Gasteiger partial charge in [-0.2, -0.15) is 0 Å². The molecular formula is C31H26ClN3O4. The molecule has 0 aliphatic carbocycles. The number of carbonyl (C=O) groups excluding carboxylic acids is 1. The molecule has 2 aliphatic heterocycles. The second-order valence-electron chi connectivity index (χ2n) is 9.36. The molecule has 6 rings (SSSR count). The number of halogens is 1. The zero-order chi connectivity index (χ0) is 26.8. The van der Waals surface area contributed by atoms with Crippen LogP contribution < -0.4 is 19.9 Å². The molecular weight excluding hydrogens is 514 g/mol. The highest BCUT2D eigenvalue weighted by Gasteiger charge is 2.37. The van der Waals surface area contributed by atoms with E-state index in [-0.39, 0.29) is 36.1 Å². The number of aromatic nitrogens is 1. The molecule has 0 N–H and O–H groups in total. The number of pyridine rings is 1. The molecule has 39 heavy (non-hydrogen) atoms. The molecule has 0 saturated heterocycles. The van der Waals surface area contributed by atoms with E-state index in [2.05, 4.69) is 0 Å². The summed E-state index contributed by atoms with van der Waals surface area (Å²) in [5, 5.41) is 2.61. The third-order valence-electron chi connectivity index (χ3n) is 6.85. The van der Waals surface area contributed by atoms with Crippen LogP contribution in [0, 0.1) is 0 Å². The predicted octanol–water partition coefficient (Wildman–Crippen LogP) is 5.17. The van der Waals surface area contributed by atoms with Gasteiger partial charge in [-0.15, -0.1) is 0 Å². The molecule has 2 aliphatic rings. The Bertz CT molecular complexity index is 1590. The van der Waals surface area contributed by atoms with E-state index in [1.807, 2.05) is 90.0 Å². The fourth-order valence-electron chi connectivity index (χ4n) is 5.01. The first kappa shape index (κ1) is 24.8. The van der Waals surface area contributed by atoms with Crippen LogP contribution in [-0.2, 0) is 6.61 Å². The fraction of sp³-hybridized carbons (Fsp3) is 0.161. The number of amides is 1. The third kappa shape index (κ3) is 4.89. The lowest BCUT2D eigenvalue weighted by atomic mass is 9.97. The second-order valence-corrected chi connectivity index (χ2v) is 9.80. The van der Waals surface area contributed by atoms with E-state index in [0.717, 1.165) is 16.7 Å². The molecule has 1 aromatic heterocycles. The first-order valence-corrected chi connectivity index (χ1v) is 13.1. The quantitative estimate of drug-likeness (QED) is 0.335. The lowest BCUT2D eigenvalue weighted by Crippen LogP contribution is -2.55. The maximum absolute atomic E-state index is 13.9. The number of nitrogens with zero attached hydrogens (tertiary/aromatic N) is 3. The van der Waals surface area contributed by atoms with Gasteiger partial charge >= 0.3 is 0 Å². The van der Waals surface area contributed by atoms with Crippen LogP contribution in [-0.4, -0.2) is 35.3 Å². The molecule has 0 spiro atoms. The maximum atomic E-state index is 13.9. The zero-order valence-electron chi connectivity index (χ0n) is 21.1. The van der Waals surface area contributed by atoms with Crippen LogP contribution in [0.15, 0.2) is 108 Å². The van der Waals surface area contributed by atoms with Crippen molar-refractivity contribution in [2.75, 3.05) is 24.8 Å². The highest BCUT2D eigenvalue weighted by molar-refractivity contribution is 6.30. The monoisotopic (exact) mass is 539 g/mol. The van der Waals surface area contributed by atoms with Crippen molar-refractivity contribution in [2.45, 2.75) is 12.6 Å². The molecule has 7 nitrogen and oxygen atoms in total. The molecule has 4 aromatic rings. The van der Waals surface area contributed by atoms with Crippen molar-refractivity contribution in [3.05, 3.63) is 141 Å². The molecule has 196 valence electrons. The predicted molar refractivity (Wildman–Crippen MR) is 150 cm³/mol. The summed E-state index contributed by atoms with van der Waals surface area (Å²) in [6.45, 7) is 1.12. The molecule has 0 saturated carbocycles. The normalized spacial score (nSPS) is 17.4. The summed E-state index contributed by atoms with van der Waals surface area (Å²) in [5.74, 6) is 0.427. The zero-order valence-corrected chi connectivity index (χ0v) is 21.8. The minimum atomic E-state index is -0.392. The fourth-order valence-corrected chi connectivity index (χ4v) is 5.19. The molecule has 1 amide bonds. The van der Waals surface area contributed by atoms with Gasteiger partial charge in [0.2, 0.25) is 5.43 Å². The minimum Gasteiger partial charge on any atom is -0.489 e. The van der Waals surface area contributed by atoms with Crippen LogP contribution in [0.5, 0.6) is 11.5 Å². The minimum absolute atomic E-state index is 0.0225. The van der Waals surface area contributed by atoms with Crippen LogP contribution in [0.25, 0.3) is 0 Å². The Kier molecular flexibility index (Phi) is 6.82. The van der Waals surface area contributed by atoms with Crippen molar-refractivity contribution in [1.82, 2.24) is 9.58 Å². The van der Waals surface area contributed by atoms with Crippen molar-refractivity contribution in [3.63, 3.8) is 0 Å². The molecule has 0 unspecified atom stereocenters. The summed E-state index contributed by atoms with van der Waals surface area (Å²) in [5.41, 5.74) is 2.54. The van der Waals surface area contributed by atoms with Crippen LogP contribution in [0.1, 0.15) is 33.2 Å². The van der Waals surface area contributed by atoms with Gasteiger partial charge in [-0.1, -0.05) is 78.3 Å². The largest absolute Gasteiger partial charge is 0.489 e.